The fourth-order valence-electron chi connectivity index (χ4n) is 4.79. The number of pyridine rings is 1. The van der Waals surface area contributed by atoms with Crippen LogP contribution in [-0.4, -0.2) is 48.3 Å². The van der Waals surface area contributed by atoms with E-state index in [0.717, 1.165) is 25.6 Å². The van der Waals surface area contributed by atoms with Crippen LogP contribution in [-0.2, 0) is 16.1 Å². The Labute approximate surface area is 151 Å². The van der Waals surface area contributed by atoms with Crippen molar-refractivity contribution < 1.29 is 9.47 Å². The molecule has 3 heterocycles. The summed E-state index contributed by atoms with van der Waals surface area (Å²) in [6.07, 6.45) is 12.8. The van der Waals surface area contributed by atoms with Crippen LogP contribution < -0.4 is 0 Å². The van der Waals surface area contributed by atoms with Gasteiger partial charge in [0.2, 0.25) is 0 Å². The zero-order valence-corrected chi connectivity index (χ0v) is 15.4. The van der Waals surface area contributed by atoms with Gasteiger partial charge in [-0.1, -0.05) is 6.42 Å². The second-order valence-corrected chi connectivity index (χ2v) is 8.19. The fourth-order valence-corrected chi connectivity index (χ4v) is 4.79. The van der Waals surface area contributed by atoms with Gasteiger partial charge in [-0.2, -0.15) is 0 Å². The van der Waals surface area contributed by atoms with E-state index >= 15 is 0 Å². The minimum Gasteiger partial charge on any atom is -0.377 e. The number of likely N-dealkylation sites (tertiary alicyclic amines) is 1. The van der Waals surface area contributed by atoms with E-state index in [9.17, 15) is 0 Å². The maximum Gasteiger partial charge on any atom is 0.0736 e. The van der Waals surface area contributed by atoms with Crippen LogP contribution in [0.25, 0.3) is 0 Å². The topological polar surface area (TPSA) is 34.6 Å². The van der Waals surface area contributed by atoms with E-state index in [0.29, 0.717) is 12.5 Å². The van der Waals surface area contributed by atoms with E-state index in [1.54, 1.807) is 0 Å². The summed E-state index contributed by atoms with van der Waals surface area (Å²) in [5, 5.41) is 0. The number of rotatable bonds is 7. The molecule has 0 bridgehead atoms. The van der Waals surface area contributed by atoms with Crippen molar-refractivity contribution >= 4 is 0 Å². The largest absolute Gasteiger partial charge is 0.377 e. The predicted octanol–water partition coefficient (Wildman–Crippen LogP) is 3.66. The van der Waals surface area contributed by atoms with Gasteiger partial charge in [-0.25, -0.2) is 0 Å². The molecule has 4 rings (SSSR count). The van der Waals surface area contributed by atoms with Crippen LogP contribution in [0.15, 0.2) is 24.5 Å². The van der Waals surface area contributed by atoms with Crippen LogP contribution in [0, 0.1) is 11.8 Å². The van der Waals surface area contributed by atoms with E-state index in [4.69, 9.17) is 9.47 Å². The SMILES string of the molecule is c1cc(COCC[C@H]2CCOC23CCN(CC2CCC2)CC3)ccn1. The molecule has 2 saturated heterocycles. The van der Waals surface area contributed by atoms with Crippen LogP contribution in [0.1, 0.15) is 50.5 Å². The Hall–Kier alpha value is -0.970. The van der Waals surface area contributed by atoms with Crippen LogP contribution in [0.2, 0.25) is 0 Å². The Morgan fingerprint density at radius 2 is 1.96 bits per heavy atom. The molecule has 1 spiro atoms. The highest BCUT2D eigenvalue weighted by atomic mass is 16.5. The summed E-state index contributed by atoms with van der Waals surface area (Å²) < 4.78 is 12.2. The molecule has 4 nitrogen and oxygen atoms in total. The van der Waals surface area contributed by atoms with E-state index in [2.05, 4.69) is 9.88 Å². The van der Waals surface area contributed by atoms with Crippen LogP contribution in [0.4, 0.5) is 0 Å². The average Bonchev–Trinajstić information content (AvgIpc) is 3.00. The standard InChI is InChI=1S/C21H32N2O2/c1-2-18(3-1)16-23-12-8-21(9-13-23)20(7-15-25-21)6-14-24-17-19-4-10-22-11-5-19/h4-5,10-11,18,20H,1-3,6-9,12-17H2/t20-/m0/s1. The molecule has 138 valence electrons. The van der Waals surface area contributed by atoms with Gasteiger partial charge in [0.1, 0.15) is 0 Å². The third-order valence-corrected chi connectivity index (χ3v) is 6.67. The highest BCUT2D eigenvalue weighted by molar-refractivity contribution is 5.07. The van der Waals surface area contributed by atoms with Gasteiger partial charge in [0.05, 0.1) is 12.2 Å². The highest BCUT2D eigenvalue weighted by Crippen LogP contribution is 2.42. The Morgan fingerprint density at radius 1 is 1.16 bits per heavy atom. The highest BCUT2D eigenvalue weighted by Gasteiger charge is 2.45. The molecular formula is C21H32N2O2. The first-order valence-electron chi connectivity index (χ1n) is 10.2. The van der Waals surface area contributed by atoms with Gasteiger partial charge in [-0.15, -0.1) is 0 Å². The van der Waals surface area contributed by atoms with Crippen LogP contribution in [0.5, 0.6) is 0 Å². The van der Waals surface area contributed by atoms with E-state index < -0.39 is 0 Å². The van der Waals surface area contributed by atoms with Crippen LogP contribution >= 0.6 is 0 Å². The smallest absolute Gasteiger partial charge is 0.0736 e. The minimum atomic E-state index is 0.149. The van der Waals surface area contributed by atoms with Gasteiger partial charge in [0.25, 0.3) is 0 Å². The second kappa shape index (κ2) is 8.15. The van der Waals surface area contributed by atoms with Crippen molar-refractivity contribution in [3.63, 3.8) is 0 Å². The zero-order chi connectivity index (χ0) is 17.0. The molecule has 0 radical (unpaired) electrons. The van der Waals surface area contributed by atoms with E-state index in [1.807, 2.05) is 24.5 Å². The first-order valence-corrected chi connectivity index (χ1v) is 10.2. The third-order valence-electron chi connectivity index (χ3n) is 6.67. The first-order chi connectivity index (χ1) is 12.3. The number of hydrogen-bond donors (Lipinski definition) is 0. The Bertz CT molecular complexity index is 524. The van der Waals surface area contributed by atoms with E-state index in [1.165, 1.54) is 63.7 Å². The first kappa shape index (κ1) is 17.4. The number of aromatic nitrogens is 1. The fraction of sp³-hybridized carbons (Fsp3) is 0.762. The van der Waals surface area contributed by atoms with Crippen molar-refractivity contribution in [1.29, 1.82) is 0 Å². The molecule has 3 fully saturated rings. The molecule has 1 aromatic rings. The van der Waals surface area contributed by atoms with E-state index in [-0.39, 0.29) is 5.60 Å². The normalized spacial score (nSPS) is 26.8. The number of hydrogen-bond acceptors (Lipinski definition) is 4. The predicted molar refractivity (Wildman–Crippen MR) is 98.3 cm³/mol. The maximum atomic E-state index is 6.31. The van der Waals surface area contributed by atoms with Crippen molar-refractivity contribution in [2.24, 2.45) is 11.8 Å². The molecule has 1 aromatic heterocycles. The van der Waals surface area contributed by atoms with Gasteiger partial charge >= 0.3 is 0 Å². The van der Waals surface area contributed by atoms with Gasteiger partial charge in [-0.3, -0.25) is 4.98 Å². The lowest BCUT2D eigenvalue weighted by molar-refractivity contribution is -0.0749. The third kappa shape index (κ3) is 4.24. The van der Waals surface area contributed by atoms with Gasteiger partial charge < -0.3 is 14.4 Å². The summed E-state index contributed by atoms with van der Waals surface area (Å²) >= 11 is 0. The van der Waals surface area contributed by atoms with Gasteiger partial charge in [-0.05, 0) is 68.1 Å². The zero-order valence-electron chi connectivity index (χ0n) is 15.4. The lowest BCUT2D eigenvalue weighted by Crippen LogP contribution is -2.49. The molecule has 1 saturated carbocycles. The maximum absolute atomic E-state index is 6.31. The molecule has 0 N–H and O–H groups in total. The second-order valence-electron chi connectivity index (χ2n) is 8.19. The van der Waals surface area contributed by atoms with Crippen molar-refractivity contribution in [2.45, 2.75) is 57.2 Å². The average molecular weight is 344 g/mol. The molecule has 1 aliphatic carbocycles. The number of ether oxygens (including phenoxy) is 2. The molecule has 1 atom stereocenters. The molecule has 2 aliphatic heterocycles. The Balaban J connectivity index is 1.20. The summed E-state index contributed by atoms with van der Waals surface area (Å²) in [5.41, 5.74) is 1.35. The molecule has 0 unspecified atom stereocenters. The van der Waals surface area contributed by atoms with Crippen molar-refractivity contribution in [3.8, 4) is 0 Å². The molecule has 4 heteroatoms. The molecule has 0 amide bonds. The Kier molecular flexibility index (Phi) is 5.69. The molecular weight excluding hydrogens is 312 g/mol. The lowest BCUT2D eigenvalue weighted by Gasteiger charge is -2.44. The summed E-state index contributed by atoms with van der Waals surface area (Å²) in [6, 6.07) is 4.05. The summed E-state index contributed by atoms with van der Waals surface area (Å²) in [6.45, 7) is 6.26. The molecule has 25 heavy (non-hydrogen) atoms. The van der Waals surface area contributed by atoms with Crippen molar-refractivity contribution in [2.75, 3.05) is 32.8 Å². The Morgan fingerprint density at radius 3 is 2.68 bits per heavy atom. The lowest BCUT2D eigenvalue weighted by atomic mass is 9.77. The van der Waals surface area contributed by atoms with Crippen molar-refractivity contribution in [1.82, 2.24) is 9.88 Å². The summed E-state index contributed by atoms with van der Waals surface area (Å²) in [7, 11) is 0. The number of piperidine rings is 1. The minimum absolute atomic E-state index is 0.149. The van der Waals surface area contributed by atoms with Crippen molar-refractivity contribution in [3.05, 3.63) is 30.1 Å². The van der Waals surface area contributed by atoms with Gasteiger partial charge in [0, 0.05) is 45.2 Å². The summed E-state index contributed by atoms with van der Waals surface area (Å²) in [4.78, 5) is 6.74. The quantitative estimate of drug-likeness (QED) is 0.707. The number of nitrogens with zero attached hydrogens (tertiary/aromatic N) is 2. The summed E-state index contributed by atoms with van der Waals surface area (Å²) in [5.74, 6) is 1.66. The van der Waals surface area contributed by atoms with Gasteiger partial charge in [0.15, 0.2) is 0 Å². The van der Waals surface area contributed by atoms with Crippen LogP contribution in [0.3, 0.4) is 0 Å². The molecule has 0 aromatic carbocycles. The monoisotopic (exact) mass is 344 g/mol. The molecule has 3 aliphatic rings.